The minimum absolute atomic E-state index is 0. The molecule has 1 aliphatic carbocycles. The molecule has 1 aromatic rings. The smallest absolute Gasteiger partial charge is 0.223 e. The summed E-state index contributed by atoms with van der Waals surface area (Å²) in [6.07, 6.45) is 5.37. The molecule has 0 radical (unpaired) electrons. The van der Waals surface area contributed by atoms with Gasteiger partial charge in [-0.3, -0.25) is 9.48 Å². The lowest BCUT2D eigenvalue weighted by atomic mass is 9.84. The number of nitrogens with zero attached hydrogens (tertiary/aromatic N) is 2. The number of carbonyl (C=O) groups is 1. The number of nitrogens with two attached hydrogens (primary N) is 1. The van der Waals surface area contributed by atoms with Gasteiger partial charge in [-0.15, -0.1) is 24.8 Å². The second-order valence-corrected chi connectivity index (χ2v) is 6.77. The first-order valence-electron chi connectivity index (χ1n) is 8.43. The van der Waals surface area contributed by atoms with E-state index < -0.39 is 0 Å². The van der Waals surface area contributed by atoms with E-state index in [0.29, 0.717) is 12.5 Å². The fourth-order valence-electron chi connectivity index (χ4n) is 3.52. The number of aromatic nitrogens is 2. The van der Waals surface area contributed by atoms with Gasteiger partial charge in [0.05, 0.1) is 5.69 Å². The summed E-state index contributed by atoms with van der Waals surface area (Å²) in [7, 11) is 1.95. The minimum atomic E-state index is -0.0399. The van der Waals surface area contributed by atoms with Crippen molar-refractivity contribution in [3.05, 3.63) is 17.0 Å². The van der Waals surface area contributed by atoms with Gasteiger partial charge in [0, 0.05) is 24.7 Å². The standard InChI is InChI=1S/C17H30N4O.2ClH/c1-11(9-15-12(2)20-21(4)13(15)3)17(22)19-16-8-6-5-7-14(16)10-18;;/h11,14,16H,5-10,18H2,1-4H3,(H,19,22);2*1H. The summed E-state index contributed by atoms with van der Waals surface area (Å²) < 4.78 is 1.89. The number of aryl methyl sites for hydroxylation is 2. The number of amides is 1. The predicted octanol–water partition coefficient (Wildman–Crippen LogP) is 2.69. The van der Waals surface area contributed by atoms with Crippen molar-refractivity contribution in [2.75, 3.05) is 6.54 Å². The third-order valence-corrected chi connectivity index (χ3v) is 5.16. The van der Waals surface area contributed by atoms with Crippen LogP contribution >= 0.6 is 24.8 Å². The van der Waals surface area contributed by atoms with Crippen LogP contribution in [0.5, 0.6) is 0 Å². The van der Waals surface area contributed by atoms with Crippen LogP contribution in [0.4, 0.5) is 0 Å². The minimum Gasteiger partial charge on any atom is -0.353 e. The Morgan fingerprint density at radius 2 is 1.96 bits per heavy atom. The number of hydrogen-bond acceptors (Lipinski definition) is 3. The van der Waals surface area contributed by atoms with E-state index in [1.165, 1.54) is 18.4 Å². The second-order valence-electron chi connectivity index (χ2n) is 6.77. The maximum Gasteiger partial charge on any atom is 0.223 e. The quantitative estimate of drug-likeness (QED) is 0.826. The van der Waals surface area contributed by atoms with Gasteiger partial charge in [-0.1, -0.05) is 19.8 Å². The molecule has 1 fully saturated rings. The van der Waals surface area contributed by atoms with Gasteiger partial charge < -0.3 is 11.1 Å². The van der Waals surface area contributed by atoms with Gasteiger partial charge in [-0.2, -0.15) is 5.10 Å². The normalized spacial score (nSPS) is 21.4. The van der Waals surface area contributed by atoms with Gasteiger partial charge in [0.2, 0.25) is 5.91 Å². The third kappa shape index (κ3) is 5.36. The van der Waals surface area contributed by atoms with E-state index >= 15 is 0 Å². The lowest BCUT2D eigenvalue weighted by Gasteiger charge is -2.32. The topological polar surface area (TPSA) is 72.9 Å². The summed E-state index contributed by atoms with van der Waals surface area (Å²) in [4.78, 5) is 12.5. The summed E-state index contributed by atoms with van der Waals surface area (Å²) in [5, 5.41) is 7.67. The zero-order valence-corrected chi connectivity index (χ0v) is 16.8. The van der Waals surface area contributed by atoms with Gasteiger partial charge in [0.15, 0.2) is 0 Å². The Kier molecular flexibility index (Phi) is 9.93. The van der Waals surface area contributed by atoms with E-state index in [9.17, 15) is 4.79 Å². The van der Waals surface area contributed by atoms with E-state index in [1.54, 1.807) is 0 Å². The van der Waals surface area contributed by atoms with Gasteiger partial charge in [0.25, 0.3) is 0 Å². The average Bonchev–Trinajstić information content (AvgIpc) is 2.74. The summed E-state index contributed by atoms with van der Waals surface area (Å²) >= 11 is 0. The Balaban J connectivity index is 0.00000264. The van der Waals surface area contributed by atoms with Gasteiger partial charge in [0.1, 0.15) is 0 Å². The largest absolute Gasteiger partial charge is 0.353 e. The summed E-state index contributed by atoms with van der Waals surface area (Å²) in [5.41, 5.74) is 9.22. The van der Waals surface area contributed by atoms with Crippen molar-refractivity contribution >= 4 is 30.7 Å². The molecule has 7 heteroatoms. The van der Waals surface area contributed by atoms with Crippen LogP contribution in [-0.4, -0.2) is 28.3 Å². The molecule has 3 atom stereocenters. The van der Waals surface area contributed by atoms with E-state index in [-0.39, 0.29) is 42.7 Å². The molecule has 1 amide bonds. The SMILES string of the molecule is Cc1nn(C)c(C)c1CC(C)C(=O)NC1CCCCC1CN.Cl.Cl. The van der Waals surface area contributed by atoms with Crippen molar-refractivity contribution < 1.29 is 4.79 Å². The van der Waals surface area contributed by atoms with Crippen molar-refractivity contribution in [1.82, 2.24) is 15.1 Å². The molecular weight excluding hydrogens is 347 g/mol. The highest BCUT2D eigenvalue weighted by atomic mass is 35.5. The molecule has 0 aromatic carbocycles. The van der Waals surface area contributed by atoms with E-state index in [4.69, 9.17) is 5.73 Å². The van der Waals surface area contributed by atoms with Gasteiger partial charge in [-0.05, 0) is 51.1 Å². The van der Waals surface area contributed by atoms with Crippen LogP contribution in [0, 0.1) is 25.7 Å². The van der Waals surface area contributed by atoms with Gasteiger partial charge >= 0.3 is 0 Å². The van der Waals surface area contributed by atoms with Crippen LogP contribution in [0.3, 0.4) is 0 Å². The molecular formula is C17H32Cl2N4O. The van der Waals surface area contributed by atoms with E-state index in [2.05, 4.69) is 17.3 Å². The molecule has 5 nitrogen and oxygen atoms in total. The van der Waals surface area contributed by atoms with Crippen LogP contribution in [0.1, 0.15) is 49.6 Å². The maximum atomic E-state index is 12.5. The van der Waals surface area contributed by atoms with Crippen LogP contribution in [0.15, 0.2) is 0 Å². The number of hydrogen-bond donors (Lipinski definition) is 2. The van der Waals surface area contributed by atoms with Gasteiger partial charge in [-0.25, -0.2) is 0 Å². The molecule has 0 saturated heterocycles. The number of carbonyl (C=O) groups excluding carboxylic acids is 1. The summed E-state index contributed by atoms with van der Waals surface area (Å²) in [6, 6.07) is 0.254. The average molecular weight is 379 g/mol. The van der Waals surface area contributed by atoms with E-state index in [0.717, 1.165) is 30.7 Å². The zero-order chi connectivity index (χ0) is 16.3. The lowest BCUT2D eigenvalue weighted by molar-refractivity contribution is -0.125. The molecule has 1 aliphatic rings. The van der Waals surface area contributed by atoms with Crippen LogP contribution in [-0.2, 0) is 18.3 Å². The summed E-state index contributed by atoms with van der Waals surface area (Å²) in [6.45, 7) is 6.74. The predicted molar refractivity (Wildman–Crippen MR) is 103 cm³/mol. The van der Waals surface area contributed by atoms with E-state index in [1.807, 2.05) is 25.6 Å². The summed E-state index contributed by atoms with van der Waals surface area (Å²) in [5.74, 6) is 0.543. The van der Waals surface area contributed by atoms with Crippen molar-refractivity contribution in [2.24, 2.45) is 24.6 Å². The van der Waals surface area contributed by atoms with Crippen LogP contribution < -0.4 is 11.1 Å². The Bertz CT molecular complexity index is 533. The fraction of sp³-hybridized carbons (Fsp3) is 0.765. The Morgan fingerprint density at radius 1 is 1.33 bits per heavy atom. The number of nitrogens with one attached hydrogen (secondary N) is 1. The highest BCUT2D eigenvalue weighted by molar-refractivity contribution is 5.85. The Hall–Kier alpha value is -0.780. The Morgan fingerprint density at radius 3 is 2.50 bits per heavy atom. The highest BCUT2D eigenvalue weighted by Crippen LogP contribution is 2.24. The fourth-order valence-corrected chi connectivity index (χ4v) is 3.52. The second kappa shape index (κ2) is 10.3. The first kappa shape index (κ1) is 23.2. The highest BCUT2D eigenvalue weighted by Gasteiger charge is 2.27. The molecule has 0 spiro atoms. The zero-order valence-electron chi connectivity index (χ0n) is 15.2. The Labute approximate surface area is 157 Å². The molecule has 3 unspecified atom stereocenters. The first-order valence-corrected chi connectivity index (χ1v) is 8.43. The monoisotopic (exact) mass is 378 g/mol. The van der Waals surface area contributed by atoms with Crippen molar-refractivity contribution in [3.8, 4) is 0 Å². The molecule has 1 saturated carbocycles. The lowest BCUT2D eigenvalue weighted by Crippen LogP contribution is -2.46. The molecule has 1 aromatic heterocycles. The van der Waals surface area contributed by atoms with Crippen LogP contribution in [0.25, 0.3) is 0 Å². The molecule has 24 heavy (non-hydrogen) atoms. The van der Waals surface area contributed by atoms with Crippen molar-refractivity contribution in [2.45, 2.75) is 58.9 Å². The molecule has 3 N–H and O–H groups in total. The third-order valence-electron chi connectivity index (χ3n) is 5.16. The first-order chi connectivity index (χ1) is 10.4. The number of rotatable bonds is 5. The van der Waals surface area contributed by atoms with Crippen molar-refractivity contribution in [3.63, 3.8) is 0 Å². The molecule has 2 rings (SSSR count). The van der Waals surface area contributed by atoms with Crippen LogP contribution in [0.2, 0.25) is 0 Å². The molecule has 0 aliphatic heterocycles. The molecule has 1 heterocycles. The molecule has 140 valence electrons. The maximum absolute atomic E-state index is 12.5. The number of halogens is 2. The van der Waals surface area contributed by atoms with Crippen molar-refractivity contribution in [1.29, 1.82) is 0 Å². The molecule has 0 bridgehead atoms.